The van der Waals surface area contributed by atoms with Crippen LogP contribution in [0.2, 0.25) is 0 Å². The van der Waals surface area contributed by atoms with E-state index in [1.165, 1.54) is 0 Å². The van der Waals surface area contributed by atoms with E-state index in [0.29, 0.717) is 13.2 Å². The van der Waals surface area contributed by atoms with Crippen molar-refractivity contribution in [2.75, 3.05) is 18.1 Å². The van der Waals surface area contributed by atoms with Crippen molar-refractivity contribution in [2.45, 2.75) is 32.4 Å². The molecule has 1 fully saturated rings. The first-order chi connectivity index (χ1) is 9.43. The van der Waals surface area contributed by atoms with Crippen LogP contribution < -0.4 is 10.6 Å². The maximum Gasteiger partial charge on any atom is 0.150 e. The highest BCUT2D eigenvalue weighted by Crippen LogP contribution is 2.30. The lowest BCUT2D eigenvalue weighted by Crippen LogP contribution is -2.49. The number of nitrogen functional groups attached to an aromatic ring is 1. The number of halogens is 2. The summed E-state index contributed by atoms with van der Waals surface area (Å²) in [7, 11) is 0. The van der Waals surface area contributed by atoms with E-state index in [4.69, 9.17) is 15.9 Å². The Morgan fingerprint density at radius 1 is 1.45 bits per heavy atom. The molecule has 0 spiro atoms. The fraction of sp³-hybridized carbons (Fsp3) is 0.500. The average Bonchev–Trinajstić information content (AvgIpc) is 2.38. The molecule has 1 aliphatic rings. The van der Waals surface area contributed by atoms with Gasteiger partial charge in [-0.3, -0.25) is 5.41 Å². The quantitative estimate of drug-likeness (QED) is 0.660. The van der Waals surface area contributed by atoms with E-state index < -0.39 is 11.6 Å². The third-order valence-electron chi connectivity index (χ3n) is 3.55. The summed E-state index contributed by atoms with van der Waals surface area (Å²) in [6.07, 6.45) is 0.657. The van der Waals surface area contributed by atoms with Gasteiger partial charge in [0.1, 0.15) is 23.2 Å². The van der Waals surface area contributed by atoms with Gasteiger partial charge in [0.25, 0.3) is 0 Å². The van der Waals surface area contributed by atoms with Crippen molar-refractivity contribution in [1.82, 2.24) is 0 Å². The van der Waals surface area contributed by atoms with Crippen molar-refractivity contribution in [1.29, 1.82) is 5.41 Å². The monoisotopic (exact) mass is 283 g/mol. The van der Waals surface area contributed by atoms with Gasteiger partial charge in [0.15, 0.2) is 0 Å². The molecule has 1 heterocycles. The predicted octanol–water partition coefficient (Wildman–Crippen LogP) is 2.25. The summed E-state index contributed by atoms with van der Waals surface area (Å²) in [5.74, 6) is -1.73. The average molecular weight is 283 g/mol. The Balaban J connectivity index is 2.42. The molecule has 1 aliphatic heterocycles. The number of hydrogen-bond acceptors (Lipinski definition) is 3. The largest absolute Gasteiger partial charge is 0.384 e. The van der Waals surface area contributed by atoms with Crippen LogP contribution in [0.25, 0.3) is 0 Å². The molecule has 110 valence electrons. The zero-order valence-electron chi connectivity index (χ0n) is 11.6. The SMILES string of the molecule is CCC1COC(C)CN1c1c(F)cc(C(=N)N)cc1F. The molecule has 2 atom stereocenters. The predicted molar refractivity (Wildman–Crippen MR) is 74.2 cm³/mol. The van der Waals surface area contributed by atoms with Gasteiger partial charge in [0.05, 0.1) is 18.8 Å². The van der Waals surface area contributed by atoms with Gasteiger partial charge in [0, 0.05) is 12.1 Å². The molecule has 1 aromatic carbocycles. The number of amidine groups is 1. The molecular weight excluding hydrogens is 264 g/mol. The van der Waals surface area contributed by atoms with Crippen molar-refractivity contribution in [3.63, 3.8) is 0 Å². The third kappa shape index (κ3) is 2.75. The number of ether oxygens (including phenoxy) is 1. The summed E-state index contributed by atoms with van der Waals surface area (Å²) < 4.78 is 34.0. The van der Waals surface area contributed by atoms with Crippen LogP contribution in [0.15, 0.2) is 12.1 Å². The van der Waals surface area contributed by atoms with Crippen LogP contribution in [0.4, 0.5) is 14.5 Å². The molecule has 20 heavy (non-hydrogen) atoms. The van der Waals surface area contributed by atoms with Crippen molar-refractivity contribution in [3.8, 4) is 0 Å². The maximum absolute atomic E-state index is 14.2. The number of morpholine rings is 1. The number of nitrogens with zero attached hydrogens (tertiary/aromatic N) is 1. The van der Waals surface area contributed by atoms with E-state index in [1.54, 1.807) is 4.90 Å². The van der Waals surface area contributed by atoms with Crippen molar-refractivity contribution in [3.05, 3.63) is 29.3 Å². The Bertz CT molecular complexity index is 498. The van der Waals surface area contributed by atoms with Crippen molar-refractivity contribution < 1.29 is 13.5 Å². The molecule has 0 bridgehead atoms. The van der Waals surface area contributed by atoms with Crippen LogP contribution in [0, 0.1) is 17.0 Å². The zero-order chi connectivity index (χ0) is 14.9. The molecule has 6 heteroatoms. The van der Waals surface area contributed by atoms with Crippen LogP contribution in [-0.4, -0.2) is 31.1 Å². The van der Waals surface area contributed by atoms with Gasteiger partial charge < -0.3 is 15.4 Å². The van der Waals surface area contributed by atoms with Gasteiger partial charge in [-0.1, -0.05) is 6.92 Å². The Kier molecular flexibility index (Phi) is 4.23. The second kappa shape index (κ2) is 5.75. The molecule has 3 N–H and O–H groups in total. The van der Waals surface area contributed by atoms with E-state index >= 15 is 0 Å². The molecule has 2 unspecified atom stereocenters. The summed E-state index contributed by atoms with van der Waals surface area (Å²) in [5, 5.41) is 7.26. The van der Waals surface area contributed by atoms with Gasteiger partial charge in [-0.2, -0.15) is 0 Å². The number of hydrogen-bond donors (Lipinski definition) is 2. The molecule has 4 nitrogen and oxygen atoms in total. The number of anilines is 1. The third-order valence-corrected chi connectivity index (χ3v) is 3.55. The second-order valence-corrected chi connectivity index (χ2v) is 5.06. The van der Waals surface area contributed by atoms with E-state index in [-0.39, 0.29) is 29.2 Å². The van der Waals surface area contributed by atoms with E-state index in [0.717, 1.165) is 18.6 Å². The van der Waals surface area contributed by atoms with Gasteiger partial charge in [-0.15, -0.1) is 0 Å². The molecule has 0 amide bonds. The molecule has 0 aromatic heterocycles. The molecule has 0 saturated carbocycles. The highest BCUT2D eigenvalue weighted by Gasteiger charge is 2.30. The Hall–Kier alpha value is -1.69. The van der Waals surface area contributed by atoms with Gasteiger partial charge in [0.2, 0.25) is 0 Å². The number of rotatable bonds is 3. The Labute approximate surface area is 117 Å². The lowest BCUT2D eigenvalue weighted by atomic mass is 10.1. The summed E-state index contributed by atoms with van der Waals surface area (Å²) in [6, 6.07) is 2.15. The van der Waals surface area contributed by atoms with Crippen molar-refractivity contribution in [2.24, 2.45) is 5.73 Å². The van der Waals surface area contributed by atoms with E-state index in [9.17, 15) is 8.78 Å². The number of benzene rings is 1. The van der Waals surface area contributed by atoms with E-state index in [2.05, 4.69) is 0 Å². The summed E-state index contributed by atoms with van der Waals surface area (Å²) in [5.41, 5.74) is 5.27. The number of nitrogens with two attached hydrogens (primary N) is 1. The maximum atomic E-state index is 14.2. The highest BCUT2D eigenvalue weighted by molar-refractivity contribution is 5.95. The second-order valence-electron chi connectivity index (χ2n) is 5.06. The van der Waals surface area contributed by atoms with Crippen LogP contribution in [0.1, 0.15) is 25.8 Å². The first-order valence-corrected chi connectivity index (χ1v) is 6.65. The molecule has 2 rings (SSSR count). The van der Waals surface area contributed by atoms with E-state index in [1.807, 2.05) is 13.8 Å². The lowest BCUT2D eigenvalue weighted by molar-refractivity contribution is 0.0294. The standard InChI is InChI=1S/C14H19F2N3O/c1-3-10-7-20-8(2)6-19(10)13-11(15)4-9(14(17)18)5-12(13)16/h4-5,8,10H,3,6-7H2,1-2H3,(H3,17,18). The molecule has 1 aromatic rings. The first-order valence-electron chi connectivity index (χ1n) is 6.65. The Morgan fingerprint density at radius 3 is 2.55 bits per heavy atom. The first kappa shape index (κ1) is 14.7. The zero-order valence-corrected chi connectivity index (χ0v) is 11.6. The minimum Gasteiger partial charge on any atom is -0.384 e. The van der Waals surface area contributed by atoms with Gasteiger partial charge >= 0.3 is 0 Å². The summed E-state index contributed by atoms with van der Waals surface area (Å²) in [6.45, 7) is 4.71. The lowest BCUT2D eigenvalue weighted by Gasteiger charge is -2.40. The number of nitrogens with one attached hydrogen (secondary N) is 1. The van der Waals surface area contributed by atoms with Crippen LogP contribution in [0.3, 0.4) is 0 Å². The fourth-order valence-corrected chi connectivity index (χ4v) is 2.45. The Morgan fingerprint density at radius 2 is 2.05 bits per heavy atom. The molecular formula is C14H19F2N3O. The summed E-state index contributed by atoms with van der Waals surface area (Å²) >= 11 is 0. The molecule has 1 saturated heterocycles. The minimum absolute atomic E-state index is 0.0538. The van der Waals surface area contributed by atoms with Gasteiger partial charge in [-0.05, 0) is 25.5 Å². The topological polar surface area (TPSA) is 62.3 Å². The van der Waals surface area contributed by atoms with Gasteiger partial charge in [-0.25, -0.2) is 8.78 Å². The highest BCUT2D eigenvalue weighted by atomic mass is 19.1. The molecule has 0 aliphatic carbocycles. The summed E-state index contributed by atoms with van der Waals surface area (Å²) in [4.78, 5) is 1.71. The van der Waals surface area contributed by atoms with Crippen LogP contribution in [-0.2, 0) is 4.74 Å². The smallest absolute Gasteiger partial charge is 0.150 e. The minimum atomic E-state index is -0.692. The van der Waals surface area contributed by atoms with Crippen LogP contribution in [0.5, 0.6) is 0 Å². The normalized spacial score (nSPS) is 22.9. The fourth-order valence-electron chi connectivity index (χ4n) is 2.45. The van der Waals surface area contributed by atoms with Crippen LogP contribution >= 0.6 is 0 Å². The van der Waals surface area contributed by atoms with Crippen molar-refractivity contribution >= 4 is 11.5 Å². The molecule has 0 radical (unpaired) electrons.